The molecule has 2 heterocycles. The topological polar surface area (TPSA) is 72.5 Å². The van der Waals surface area contributed by atoms with E-state index in [1.807, 2.05) is 0 Å². The van der Waals surface area contributed by atoms with Crippen LogP contribution in [-0.2, 0) is 33.2 Å². The second-order valence-corrected chi connectivity index (χ2v) is 10.9. The third-order valence-electron chi connectivity index (χ3n) is 7.86. The van der Waals surface area contributed by atoms with Crippen molar-refractivity contribution in [2.45, 2.75) is 153 Å². The molecule has 0 aromatic carbocycles. The minimum absolute atomic E-state index is 0.0130. The quantitative estimate of drug-likeness (QED) is 0.0649. The maximum absolute atomic E-state index is 11.4. The molecule has 0 aliphatic carbocycles. The summed E-state index contributed by atoms with van der Waals surface area (Å²) in [6, 6.07) is 0. The highest BCUT2D eigenvalue weighted by Crippen LogP contribution is 2.36. The van der Waals surface area contributed by atoms with Crippen LogP contribution in [0.5, 0.6) is 0 Å². The fourth-order valence-corrected chi connectivity index (χ4v) is 5.72. The van der Waals surface area contributed by atoms with Gasteiger partial charge in [-0.15, -0.1) is 6.42 Å². The Morgan fingerprint density at radius 1 is 0.763 bits per heavy atom. The van der Waals surface area contributed by atoms with Crippen LogP contribution < -0.4 is 0 Å². The number of rotatable bonds is 23. The Balaban J connectivity index is 1.76. The molecule has 6 atom stereocenters. The van der Waals surface area contributed by atoms with Crippen molar-refractivity contribution >= 4 is 5.78 Å². The van der Waals surface area contributed by atoms with Gasteiger partial charge in [0.1, 0.15) is 13.6 Å². The normalized spacial score (nSPS) is 24.9. The fraction of sp³-hybridized carbons (Fsp3) is 0.903. The van der Waals surface area contributed by atoms with Crippen molar-refractivity contribution in [1.82, 2.24) is 0 Å². The molecule has 0 saturated carbocycles. The average molecular weight is 539 g/mol. The van der Waals surface area contributed by atoms with Crippen molar-refractivity contribution in [2.24, 2.45) is 0 Å². The zero-order valence-corrected chi connectivity index (χ0v) is 24.3. The fourth-order valence-electron chi connectivity index (χ4n) is 5.72. The molecule has 7 nitrogen and oxygen atoms in total. The Morgan fingerprint density at radius 2 is 1.24 bits per heavy atom. The van der Waals surface area contributed by atoms with Crippen molar-refractivity contribution in [3.63, 3.8) is 0 Å². The van der Waals surface area contributed by atoms with E-state index in [0.717, 1.165) is 51.4 Å². The molecule has 2 aliphatic heterocycles. The molecule has 0 aromatic rings. The van der Waals surface area contributed by atoms with E-state index < -0.39 is 0 Å². The second-order valence-electron chi connectivity index (χ2n) is 10.9. The van der Waals surface area contributed by atoms with Crippen LogP contribution in [-0.4, -0.2) is 70.2 Å². The number of carbonyl (C=O) groups excluding carboxylic acids is 1. The van der Waals surface area contributed by atoms with Crippen LogP contribution in [0.2, 0.25) is 0 Å². The number of hydrogen-bond acceptors (Lipinski definition) is 7. The molecular formula is C31H54O7. The zero-order chi connectivity index (χ0) is 27.4. The lowest BCUT2D eigenvalue weighted by Gasteiger charge is -2.27. The summed E-state index contributed by atoms with van der Waals surface area (Å²) in [4.78, 5) is 11.4. The van der Waals surface area contributed by atoms with Crippen LogP contribution >= 0.6 is 0 Å². The van der Waals surface area contributed by atoms with Crippen LogP contribution in [0.1, 0.15) is 116 Å². The van der Waals surface area contributed by atoms with Gasteiger partial charge in [0.25, 0.3) is 0 Å². The number of hydrogen-bond donors (Lipinski definition) is 0. The lowest BCUT2D eigenvalue weighted by Crippen LogP contribution is -2.35. The van der Waals surface area contributed by atoms with Crippen LogP contribution in [0.15, 0.2) is 0 Å². The Labute approximate surface area is 232 Å². The molecule has 220 valence electrons. The molecule has 2 fully saturated rings. The molecule has 0 N–H and O–H groups in total. The smallest absolute Gasteiger partial charge is 0.205 e. The Kier molecular flexibility index (Phi) is 18.2. The van der Waals surface area contributed by atoms with Crippen molar-refractivity contribution in [2.75, 3.05) is 27.8 Å². The minimum Gasteiger partial charge on any atom is -0.370 e. The van der Waals surface area contributed by atoms with E-state index >= 15 is 0 Å². The monoisotopic (exact) mass is 538 g/mol. The molecule has 2 saturated heterocycles. The van der Waals surface area contributed by atoms with E-state index in [1.165, 1.54) is 51.4 Å². The zero-order valence-electron chi connectivity index (χ0n) is 24.3. The summed E-state index contributed by atoms with van der Waals surface area (Å²) in [5, 5.41) is 0. The molecule has 38 heavy (non-hydrogen) atoms. The van der Waals surface area contributed by atoms with Gasteiger partial charge in [0.15, 0.2) is 0 Å². The summed E-state index contributed by atoms with van der Waals surface area (Å²) in [6.45, 7) is 2.80. The summed E-state index contributed by atoms with van der Waals surface area (Å²) in [6.07, 6.45) is 23.7. The maximum Gasteiger partial charge on any atom is 0.205 e. The molecule has 0 spiro atoms. The van der Waals surface area contributed by atoms with Crippen molar-refractivity contribution in [1.29, 1.82) is 0 Å². The number of ether oxygens (including phenoxy) is 6. The largest absolute Gasteiger partial charge is 0.370 e. The molecule has 7 heteroatoms. The summed E-state index contributed by atoms with van der Waals surface area (Å²) in [5.74, 6) is 2.04. The van der Waals surface area contributed by atoms with Gasteiger partial charge >= 0.3 is 0 Å². The SMILES string of the molecule is C#CC(=O)CCCC[C@@H](OCOC)[C@H]1CC[C@H]([C@H]2CC[C@H]([C@@H](CCCCCCCCCC)OCOC)O2)O1. The first-order valence-corrected chi connectivity index (χ1v) is 15.1. The van der Waals surface area contributed by atoms with E-state index in [-0.39, 0.29) is 49.2 Å². The first-order chi connectivity index (χ1) is 18.6. The second kappa shape index (κ2) is 20.8. The molecule has 0 unspecified atom stereocenters. The highest BCUT2D eigenvalue weighted by molar-refractivity contribution is 5.94. The highest BCUT2D eigenvalue weighted by Gasteiger charge is 2.41. The van der Waals surface area contributed by atoms with Crippen molar-refractivity contribution in [3.05, 3.63) is 0 Å². The van der Waals surface area contributed by atoms with Gasteiger partial charge in [0, 0.05) is 20.6 Å². The van der Waals surface area contributed by atoms with Gasteiger partial charge < -0.3 is 28.4 Å². The molecule has 0 bridgehead atoms. The third-order valence-corrected chi connectivity index (χ3v) is 7.86. The van der Waals surface area contributed by atoms with Gasteiger partial charge in [0.05, 0.1) is 36.6 Å². The predicted molar refractivity (Wildman–Crippen MR) is 149 cm³/mol. The van der Waals surface area contributed by atoms with Crippen LogP contribution in [0, 0.1) is 12.3 Å². The van der Waals surface area contributed by atoms with E-state index in [1.54, 1.807) is 14.2 Å². The summed E-state index contributed by atoms with van der Waals surface area (Å²) in [7, 11) is 3.30. The number of Topliss-reactive ketones (excluding diaryl/α,β-unsaturated/α-hetero) is 1. The van der Waals surface area contributed by atoms with Gasteiger partial charge in [-0.25, -0.2) is 0 Å². The number of carbonyl (C=O) groups is 1. The Bertz CT molecular complexity index is 649. The molecule has 2 aliphatic rings. The van der Waals surface area contributed by atoms with E-state index in [0.29, 0.717) is 13.2 Å². The van der Waals surface area contributed by atoms with Gasteiger partial charge in [0.2, 0.25) is 5.78 Å². The van der Waals surface area contributed by atoms with Crippen molar-refractivity contribution < 1.29 is 33.2 Å². The molecular weight excluding hydrogens is 484 g/mol. The minimum atomic E-state index is -0.139. The van der Waals surface area contributed by atoms with Gasteiger partial charge in [-0.2, -0.15) is 0 Å². The van der Waals surface area contributed by atoms with E-state index in [9.17, 15) is 4.79 Å². The van der Waals surface area contributed by atoms with Gasteiger partial charge in [-0.05, 0) is 50.9 Å². The van der Waals surface area contributed by atoms with Crippen LogP contribution in [0.4, 0.5) is 0 Å². The Morgan fingerprint density at radius 3 is 1.71 bits per heavy atom. The lowest BCUT2D eigenvalue weighted by molar-refractivity contribution is -0.158. The molecule has 0 radical (unpaired) electrons. The predicted octanol–water partition coefficient (Wildman–Crippen LogP) is 6.35. The number of unbranched alkanes of at least 4 members (excludes halogenated alkanes) is 8. The standard InChI is InChI=1S/C31H54O7/c1-5-7-8-9-10-11-12-13-17-26(35-23-33-3)28-19-21-30(37-28)31-22-20-29(38-31)27(36-24-34-4)18-15-14-16-25(32)6-2/h2,26-31H,5,7-24H2,1,3-4H3/t26-,27-,28-,29-,30-,31-/m1/s1. The lowest BCUT2D eigenvalue weighted by atomic mass is 10.0. The van der Waals surface area contributed by atoms with Crippen molar-refractivity contribution in [3.8, 4) is 12.3 Å². The van der Waals surface area contributed by atoms with E-state index in [2.05, 4.69) is 12.8 Å². The third kappa shape index (κ3) is 12.9. The molecule has 2 rings (SSSR count). The molecule has 0 amide bonds. The number of ketones is 1. The summed E-state index contributed by atoms with van der Waals surface area (Å²) >= 11 is 0. The molecule has 0 aromatic heterocycles. The number of methoxy groups -OCH3 is 2. The van der Waals surface area contributed by atoms with E-state index in [4.69, 9.17) is 34.8 Å². The van der Waals surface area contributed by atoms with Crippen LogP contribution in [0.25, 0.3) is 0 Å². The first kappa shape index (κ1) is 33.2. The Hall–Kier alpha value is -1.01. The maximum atomic E-state index is 11.4. The summed E-state index contributed by atoms with van der Waals surface area (Å²) < 4.78 is 35.5. The highest BCUT2D eigenvalue weighted by atomic mass is 16.7. The van der Waals surface area contributed by atoms with Crippen LogP contribution in [0.3, 0.4) is 0 Å². The number of terminal acetylenes is 1. The summed E-state index contributed by atoms with van der Waals surface area (Å²) in [5.41, 5.74) is 0. The van der Waals surface area contributed by atoms with Gasteiger partial charge in [-0.1, -0.05) is 64.7 Å². The first-order valence-electron chi connectivity index (χ1n) is 15.1. The van der Waals surface area contributed by atoms with Gasteiger partial charge in [-0.3, -0.25) is 4.79 Å². The average Bonchev–Trinajstić information content (AvgIpc) is 3.61.